The summed E-state index contributed by atoms with van der Waals surface area (Å²) >= 11 is 2.15. The second kappa shape index (κ2) is 4.05. The number of hydrogen-bond acceptors (Lipinski definition) is 3. The van der Waals surface area contributed by atoms with E-state index in [9.17, 15) is 4.79 Å². The van der Waals surface area contributed by atoms with E-state index in [-0.39, 0.29) is 5.76 Å². The van der Waals surface area contributed by atoms with Gasteiger partial charge in [0.25, 0.3) is 0 Å². The van der Waals surface area contributed by atoms with Gasteiger partial charge in [0, 0.05) is 6.20 Å². The lowest BCUT2D eigenvalue weighted by Crippen LogP contribution is -1.98. The zero-order chi connectivity index (χ0) is 10.8. The second-order valence-electron chi connectivity index (χ2n) is 2.93. The molecule has 0 radical (unpaired) electrons. The van der Waals surface area contributed by atoms with Crippen LogP contribution in [0.5, 0.6) is 0 Å². The van der Waals surface area contributed by atoms with Gasteiger partial charge in [-0.1, -0.05) is 0 Å². The number of furan rings is 1. The smallest absolute Gasteiger partial charge is 0.371 e. The first-order valence-electron chi connectivity index (χ1n) is 4.15. The quantitative estimate of drug-likeness (QED) is 0.877. The molecule has 0 amide bonds. The van der Waals surface area contributed by atoms with Gasteiger partial charge in [-0.15, -0.1) is 0 Å². The number of carbonyl (C=O) groups is 1. The van der Waals surface area contributed by atoms with E-state index in [1.165, 1.54) is 6.07 Å². The third-order valence-electron chi connectivity index (χ3n) is 1.79. The number of hydrogen-bond donors (Lipinski definition) is 1. The highest BCUT2D eigenvalue weighted by Gasteiger charge is 2.09. The van der Waals surface area contributed by atoms with Gasteiger partial charge >= 0.3 is 5.97 Å². The van der Waals surface area contributed by atoms with Crippen LogP contribution in [-0.4, -0.2) is 20.9 Å². The van der Waals surface area contributed by atoms with Crippen LogP contribution >= 0.6 is 22.6 Å². The third-order valence-corrected chi connectivity index (χ3v) is 2.35. The summed E-state index contributed by atoms with van der Waals surface area (Å²) in [4.78, 5) is 10.6. The molecule has 78 valence electrons. The Bertz CT molecular complexity index is 489. The molecule has 0 fully saturated rings. The SMILES string of the molecule is O=C(O)c1ccc(Cn2cc(I)cn2)o1. The highest BCUT2D eigenvalue weighted by Crippen LogP contribution is 2.10. The van der Waals surface area contributed by atoms with E-state index >= 15 is 0 Å². The molecule has 1 N–H and O–H groups in total. The van der Waals surface area contributed by atoms with Gasteiger partial charge < -0.3 is 9.52 Å². The molecule has 0 aliphatic heterocycles. The third kappa shape index (κ3) is 2.38. The molecule has 2 aromatic heterocycles. The Morgan fingerprint density at radius 2 is 2.40 bits per heavy atom. The average Bonchev–Trinajstić information content (AvgIpc) is 2.76. The molecule has 2 rings (SSSR count). The van der Waals surface area contributed by atoms with Gasteiger partial charge in [-0.2, -0.15) is 5.10 Å². The lowest BCUT2D eigenvalue weighted by molar-refractivity contribution is 0.0660. The van der Waals surface area contributed by atoms with Crippen LogP contribution in [0.25, 0.3) is 0 Å². The van der Waals surface area contributed by atoms with E-state index in [0.29, 0.717) is 12.3 Å². The monoisotopic (exact) mass is 318 g/mol. The van der Waals surface area contributed by atoms with Gasteiger partial charge in [-0.25, -0.2) is 4.79 Å². The van der Waals surface area contributed by atoms with Crippen LogP contribution < -0.4 is 0 Å². The van der Waals surface area contributed by atoms with Crippen molar-refractivity contribution in [1.29, 1.82) is 0 Å². The van der Waals surface area contributed by atoms with E-state index < -0.39 is 5.97 Å². The molecule has 0 aliphatic carbocycles. The van der Waals surface area contributed by atoms with Crippen LogP contribution in [-0.2, 0) is 6.54 Å². The van der Waals surface area contributed by atoms with Crippen LogP contribution in [0.1, 0.15) is 16.3 Å². The standard InChI is InChI=1S/C9H7IN2O3/c10-6-3-11-12(4-6)5-7-1-2-8(15-7)9(13)14/h1-4H,5H2,(H,13,14). The van der Waals surface area contributed by atoms with Gasteiger partial charge in [-0.3, -0.25) is 4.68 Å². The summed E-state index contributed by atoms with van der Waals surface area (Å²) in [6, 6.07) is 3.07. The lowest BCUT2D eigenvalue weighted by atomic mass is 10.4. The average molecular weight is 318 g/mol. The Kier molecular flexibility index (Phi) is 2.76. The normalized spacial score (nSPS) is 10.5. The van der Waals surface area contributed by atoms with Gasteiger partial charge in [-0.05, 0) is 34.7 Å². The molecule has 15 heavy (non-hydrogen) atoms. The van der Waals surface area contributed by atoms with Crippen molar-refractivity contribution in [3.05, 3.63) is 39.6 Å². The summed E-state index contributed by atoms with van der Waals surface area (Å²) in [5.74, 6) is -0.532. The Morgan fingerprint density at radius 3 is 2.93 bits per heavy atom. The minimum absolute atomic E-state index is 0.0492. The number of aromatic nitrogens is 2. The highest BCUT2D eigenvalue weighted by atomic mass is 127. The van der Waals surface area contributed by atoms with Crippen molar-refractivity contribution in [1.82, 2.24) is 9.78 Å². The van der Waals surface area contributed by atoms with Gasteiger partial charge in [0.05, 0.1) is 16.3 Å². The summed E-state index contributed by atoms with van der Waals surface area (Å²) in [5.41, 5.74) is 0. The maximum Gasteiger partial charge on any atom is 0.371 e. The van der Waals surface area contributed by atoms with E-state index in [2.05, 4.69) is 27.7 Å². The van der Waals surface area contributed by atoms with Gasteiger partial charge in [0.1, 0.15) is 5.76 Å². The van der Waals surface area contributed by atoms with Crippen molar-refractivity contribution in [3.63, 3.8) is 0 Å². The maximum absolute atomic E-state index is 10.6. The first-order chi connectivity index (χ1) is 7.15. The lowest BCUT2D eigenvalue weighted by Gasteiger charge is -1.96. The zero-order valence-corrected chi connectivity index (χ0v) is 9.71. The number of carboxylic acid groups (broad SMARTS) is 1. The largest absolute Gasteiger partial charge is 0.475 e. The van der Waals surface area contributed by atoms with Crippen molar-refractivity contribution in [2.75, 3.05) is 0 Å². The topological polar surface area (TPSA) is 68.3 Å². The summed E-state index contributed by atoms with van der Waals surface area (Å²) in [7, 11) is 0. The van der Waals surface area contributed by atoms with Crippen LogP contribution in [0.3, 0.4) is 0 Å². The van der Waals surface area contributed by atoms with Crippen LogP contribution in [0, 0.1) is 3.57 Å². The number of halogens is 1. The first-order valence-corrected chi connectivity index (χ1v) is 5.23. The van der Waals surface area contributed by atoms with Crippen LogP contribution in [0.15, 0.2) is 28.9 Å². The van der Waals surface area contributed by atoms with Crippen LogP contribution in [0.2, 0.25) is 0 Å². The van der Waals surface area contributed by atoms with Crippen molar-refractivity contribution >= 4 is 28.6 Å². The van der Waals surface area contributed by atoms with Crippen LogP contribution in [0.4, 0.5) is 0 Å². The van der Waals surface area contributed by atoms with Crippen molar-refractivity contribution in [2.24, 2.45) is 0 Å². The molecular formula is C9H7IN2O3. The Hall–Kier alpha value is -1.31. The summed E-state index contributed by atoms with van der Waals surface area (Å²) in [6.07, 6.45) is 3.57. The van der Waals surface area contributed by atoms with Crippen molar-refractivity contribution in [2.45, 2.75) is 6.54 Å². The fourth-order valence-corrected chi connectivity index (χ4v) is 1.61. The number of rotatable bonds is 3. The molecular weight excluding hydrogens is 311 g/mol. The number of aromatic carboxylic acids is 1. The summed E-state index contributed by atoms with van der Waals surface area (Å²) in [6.45, 7) is 0.441. The molecule has 0 aliphatic rings. The molecule has 6 heteroatoms. The highest BCUT2D eigenvalue weighted by molar-refractivity contribution is 14.1. The predicted octanol–water partition coefficient (Wildman–Crippen LogP) is 1.83. The summed E-state index contributed by atoms with van der Waals surface area (Å²) in [5, 5.41) is 12.7. The minimum atomic E-state index is -1.06. The van der Waals surface area contributed by atoms with E-state index in [0.717, 1.165) is 3.57 Å². The van der Waals surface area contributed by atoms with E-state index in [4.69, 9.17) is 9.52 Å². The fourth-order valence-electron chi connectivity index (χ4n) is 1.16. The molecule has 2 aromatic rings. The predicted molar refractivity (Wildman–Crippen MR) is 59.7 cm³/mol. The van der Waals surface area contributed by atoms with E-state index in [1.807, 2.05) is 6.20 Å². The molecule has 0 saturated carbocycles. The summed E-state index contributed by atoms with van der Waals surface area (Å²) < 4.78 is 7.81. The molecule has 0 saturated heterocycles. The minimum Gasteiger partial charge on any atom is -0.475 e. The first kappa shape index (κ1) is 10.2. The molecule has 5 nitrogen and oxygen atoms in total. The molecule has 0 unspecified atom stereocenters. The molecule has 2 heterocycles. The van der Waals surface area contributed by atoms with Crippen molar-refractivity contribution in [3.8, 4) is 0 Å². The fraction of sp³-hybridized carbons (Fsp3) is 0.111. The number of nitrogens with zero attached hydrogens (tertiary/aromatic N) is 2. The zero-order valence-electron chi connectivity index (χ0n) is 7.55. The molecule has 0 bridgehead atoms. The van der Waals surface area contributed by atoms with Gasteiger partial charge in [0.15, 0.2) is 0 Å². The van der Waals surface area contributed by atoms with E-state index in [1.54, 1.807) is 16.9 Å². The maximum atomic E-state index is 10.6. The molecule has 0 aromatic carbocycles. The Balaban J connectivity index is 2.14. The van der Waals surface area contributed by atoms with Gasteiger partial charge in [0.2, 0.25) is 5.76 Å². The molecule has 0 atom stereocenters. The Labute approximate surface area is 98.8 Å². The van der Waals surface area contributed by atoms with Crippen molar-refractivity contribution < 1.29 is 14.3 Å². The Morgan fingerprint density at radius 1 is 1.60 bits per heavy atom. The second-order valence-corrected chi connectivity index (χ2v) is 4.17. The number of carboxylic acids is 1. The molecule has 0 spiro atoms.